The third kappa shape index (κ3) is 4.69. The molecule has 2 amide bonds. The van der Waals surface area contributed by atoms with Crippen molar-refractivity contribution < 1.29 is 32.9 Å². The molecule has 0 radical (unpaired) electrons. The lowest BCUT2D eigenvalue weighted by molar-refractivity contribution is -0.138. The summed E-state index contributed by atoms with van der Waals surface area (Å²) in [5.41, 5.74) is 1.67. The van der Waals surface area contributed by atoms with Crippen molar-refractivity contribution >= 4 is 17.4 Å². The molecule has 0 spiro atoms. The fourth-order valence-corrected chi connectivity index (χ4v) is 3.84. The predicted molar refractivity (Wildman–Crippen MR) is 117 cm³/mol. The fraction of sp³-hybridized carbons (Fsp3) is 0.333. The molecule has 2 heterocycles. The van der Waals surface area contributed by atoms with E-state index in [1.54, 1.807) is 37.3 Å². The van der Waals surface area contributed by atoms with Crippen LogP contribution in [-0.2, 0) is 25.6 Å². The van der Waals surface area contributed by atoms with Crippen LogP contribution in [0.3, 0.4) is 0 Å². The number of halogens is 1. The first-order chi connectivity index (χ1) is 16.0. The van der Waals surface area contributed by atoms with Crippen LogP contribution in [0.5, 0.6) is 11.5 Å². The maximum Gasteiger partial charge on any atom is 0.278 e. The summed E-state index contributed by atoms with van der Waals surface area (Å²) in [5.74, 6) is -0.108. The third-order valence-electron chi connectivity index (χ3n) is 5.50. The highest BCUT2D eigenvalue weighted by atomic mass is 19.1. The smallest absolute Gasteiger partial charge is 0.278 e. The molecule has 2 aromatic rings. The minimum Gasteiger partial charge on any atom is -0.454 e. The lowest BCUT2D eigenvalue weighted by atomic mass is 10.0. The highest BCUT2D eigenvalue weighted by molar-refractivity contribution is 6.35. The summed E-state index contributed by atoms with van der Waals surface area (Å²) in [5, 5.41) is 0. The molecule has 8 nitrogen and oxygen atoms in total. The van der Waals surface area contributed by atoms with Gasteiger partial charge in [-0.15, -0.1) is 0 Å². The van der Waals surface area contributed by atoms with E-state index in [1.807, 2.05) is 0 Å². The second-order valence-corrected chi connectivity index (χ2v) is 7.59. The van der Waals surface area contributed by atoms with Crippen LogP contribution in [0.1, 0.15) is 11.1 Å². The van der Waals surface area contributed by atoms with Gasteiger partial charge in [0, 0.05) is 27.3 Å². The van der Waals surface area contributed by atoms with Crippen molar-refractivity contribution in [2.24, 2.45) is 0 Å². The number of carbonyl (C=O) groups excluding carboxylic acids is 2. The maximum absolute atomic E-state index is 13.6. The average Bonchev–Trinajstić information content (AvgIpc) is 3.38. The van der Waals surface area contributed by atoms with Gasteiger partial charge in [-0.25, -0.2) is 4.39 Å². The van der Waals surface area contributed by atoms with E-state index in [0.29, 0.717) is 43.4 Å². The molecule has 2 aliphatic rings. The molecule has 0 aromatic heterocycles. The van der Waals surface area contributed by atoms with Gasteiger partial charge in [0.05, 0.1) is 25.3 Å². The number of fused-ring (bicyclic) bond motifs is 1. The summed E-state index contributed by atoms with van der Waals surface area (Å²) in [6.45, 7) is 1.67. The van der Waals surface area contributed by atoms with E-state index < -0.39 is 17.6 Å². The van der Waals surface area contributed by atoms with E-state index in [1.165, 1.54) is 29.2 Å². The zero-order valence-corrected chi connectivity index (χ0v) is 18.5. The summed E-state index contributed by atoms with van der Waals surface area (Å²) in [4.78, 5) is 30.1. The van der Waals surface area contributed by atoms with E-state index in [9.17, 15) is 14.0 Å². The summed E-state index contributed by atoms with van der Waals surface area (Å²) >= 11 is 0. The Morgan fingerprint density at radius 1 is 0.939 bits per heavy atom. The number of amides is 2. The van der Waals surface area contributed by atoms with Crippen LogP contribution in [0.4, 0.5) is 4.39 Å². The number of hydrogen-bond donors (Lipinski definition) is 0. The van der Waals surface area contributed by atoms with Crippen LogP contribution in [0.15, 0.2) is 48.2 Å². The molecule has 9 heteroatoms. The van der Waals surface area contributed by atoms with Crippen molar-refractivity contribution in [1.82, 2.24) is 9.80 Å². The van der Waals surface area contributed by atoms with Gasteiger partial charge in [-0.3, -0.25) is 14.5 Å². The van der Waals surface area contributed by atoms with Gasteiger partial charge in [0.15, 0.2) is 11.5 Å². The minimum atomic E-state index is -0.445. The predicted octanol–water partition coefficient (Wildman–Crippen LogP) is 2.43. The minimum absolute atomic E-state index is 0.0604. The number of rotatable bonds is 10. The van der Waals surface area contributed by atoms with Gasteiger partial charge < -0.3 is 23.8 Å². The van der Waals surface area contributed by atoms with E-state index >= 15 is 0 Å². The second-order valence-electron chi connectivity index (χ2n) is 7.59. The molecule has 2 aromatic carbocycles. The number of imide groups is 1. The monoisotopic (exact) mass is 456 g/mol. The van der Waals surface area contributed by atoms with Crippen LogP contribution < -0.4 is 9.47 Å². The van der Waals surface area contributed by atoms with Crippen LogP contribution in [0.2, 0.25) is 0 Å². The summed E-state index contributed by atoms with van der Waals surface area (Å²) in [6, 6.07) is 10.8. The third-order valence-corrected chi connectivity index (χ3v) is 5.50. The Kier molecular flexibility index (Phi) is 6.90. The summed E-state index contributed by atoms with van der Waals surface area (Å²) < 4.78 is 34.7. The SMILES string of the molecule is COCCN(CCOC)C1=C(c2ccc(F)cc2)C(=O)N(Cc2ccc3c(c2)OCO3)C1=O. The average molecular weight is 456 g/mol. The molecule has 0 saturated heterocycles. The number of nitrogens with zero attached hydrogens (tertiary/aromatic N) is 2. The molecule has 33 heavy (non-hydrogen) atoms. The molecule has 0 saturated carbocycles. The van der Waals surface area contributed by atoms with Gasteiger partial charge in [0.1, 0.15) is 11.5 Å². The van der Waals surface area contributed by atoms with Crippen molar-refractivity contribution in [2.75, 3.05) is 47.3 Å². The number of benzene rings is 2. The molecule has 2 aliphatic heterocycles. The summed E-state index contributed by atoms with van der Waals surface area (Å²) in [7, 11) is 3.13. The topological polar surface area (TPSA) is 77.5 Å². The van der Waals surface area contributed by atoms with Crippen molar-refractivity contribution in [3.8, 4) is 11.5 Å². The zero-order chi connectivity index (χ0) is 23.4. The van der Waals surface area contributed by atoms with E-state index in [4.69, 9.17) is 18.9 Å². The molecule has 0 fully saturated rings. The Labute approximate surface area is 191 Å². The zero-order valence-electron chi connectivity index (χ0n) is 18.5. The number of carbonyl (C=O) groups is 2. The lowest BCUT2D eigenvalue weighted by Crippen LogP contribution is -2.37. The maximum atomic E-state index is 13.6. The lowest BCUT2D eigenvalue weighted by Gasteiger charge is -2.25. The molecule has 0 unspecified atom stereocenters. The molecule has 0 aliphatic carbocycles. The number of methoxy groups -OCH3 is 2. The van der Waals surface area contributed by atoms with Gasteiger partial charge >= 0.3 is 0 Å². The standard InChI is InChI=1S/C24H25FN2O6/c1-30-11-9-26(10-12-31-2)22-21(17-4-6-18(25)7-5-17)23(28)27(24(22)29)14-16-3-8-19-20(13-16)33-15-32-19/h3-8,13H,9-12,14-15H2,1-2H3. The van der Waals surface area contributed by atoms with Gasteiger partial charge in [-0.2, -0.15) is 0 Å². The first kappa shape index (κ1) is 22.8. The first-order valence-electron chi connectivity index (χ1n) is 10.5. The molecular weight excluding hydrogens is 431 g/mol. The molecule has 4 rings (SSSR count). The van der Waals surface area contributed by atoms with Crippen LogP contribution in [0, 0.1) is 5.82 Å². The number of hydrogen-bond acceptors (Lipinski definition) is 7. The van der Waals surface area contributed by atoms with Crippen molar-refractivity contribution in [2.45, 2.75) is 6.54 Å². The highest BCUT2D eigenvalue weighted by Gasteiger charge is 2.41. The first-order valence-corrected chi connectivity index (χ1v) is 10.5. The Hall–Kier alpha value is -3.43. The van der Waals surface area contributed by atoms with E-state index in [-0.39, 0.29) is 24.6 Å². The van der Waals surface area contributed by atoms with Crippen LogP contribution in [-0.4, -0.2) is 68.9 Å². The number of ether oxygens (including phenoxy) is 4. The van der Waals surface area contributed by atoms with Crippen LogP contribution in [0.25, 0.3) is 5.57 Å². The Morgan fingerprint density at radius 2 is 1.61 bits per heavy atom. The quantitative estimate of drug-likeness (QED) is 0.508. The molecule has 174 valence electrons. The molecule has 0 bridgehead atoms. The van der Waals surface area contributed by atoms with Gasteiger partial charge in [0.2, 0.25) is 6.79 Å². The highest BCUT2D eigenvalue weighted by Crippen LogP contribution is 2.35. The normalized spacial score (nSPS) is 15.1. The molecule has 0 atom stereocenters. The van der Waals surface area contributed by atoms with Crippen molar-refractivity contribution in [1.29, 1.82) is 0 Å². The van der Waals surface area contributed by atoms with E-state index in [2.05, 4.69) is 0 Å². The largest absolute Gasteiger partial charge is 0.454 e. The van der Waals surface area contributed by atoms with Crippen molar-refractivity contribution in [3.63, 3.8) is 0 Å². The Bertz CT molecular complexity index is 1060. The fourth-order valence-electron chi connectivity index (χ4n) is 3.84. The summed E-state index contributed by atoms with van der Waals surface area (Å²) in [6.07, 6.45) is 0. The van der Waals surface area contributed by atoms with E-state index in [0.717, 1.165) is 5.56 Å². The van der Waals surface area contributed by atoms with Gasteiger partial charge in [-0.05, 0) is 35.4 Å². The second kappa shape index (κ2) is 10.0. The van der Waals surface area contributed by atoms with Gasteiger partial charge in [0.25, 0.3) is 11.8 Å². The Balaban J connectivity index is 1.70. The molecule has 0 N–H and O–H groups in total. The van der Waals surface area contributed by atoms with Gasteiger partial charge in [-0.1, -0.05) is 18.2 Å². The van der Waals surface area contributed by atoms with Crippen LogP contribution >= 0.6 is 0 Å². The Morgan fingerprint density at radius 3 is 2.27 bits per heavy atom. The van der Waals surface area contributed by atoms with Crippen molar-refractivity contribution in [3.05, 3.63) is 65.1 Å². The molecular formula is C24H25FN2O6.